The van der Waals surface area contributed by atoms with Gasteiger partial charge in [0, 0.05) is 26.2 Å². The van der Waals surface area contributed by atoms with E-state index in [-0.39, 0.29) is 12.0 Å². The maximum Gasteiger partial charge on any atom is 0.265 e. The first kappa shape index (κ1) is 16.0. The molecule has 1 fully saturated rings. The van der Waals surface area contributed by atoms with E-state index in [1.807, 2.05) is 0 Å². The lowest BCUT2D eigenvalue weighted by Crippen LogP contribution is -2.35. The van der Waals surface area contributed by atoms with Gasteiger partial charge in [-0.25, -0.2) is 4.98 Å². The van der Waals surface area contributed by atoms with Crippen LogP contribution in [0.2, 0.25) is 0 Å². The number of carbonyl (C=O) groups is 1. The molecule has 0 radical (unpaired) electrons. The highest BCUT2D eigenvalue weighted by atomic mass is 32.1. The lowest BCUT2D eigenvalue weighted by Gasteiger charge is -2.22. The smallest absolute Gasteiger partial charge is 0.265 e. The van der Waals surface area contributed by atoms with Crippen molar-refractivity contribution in [2.24, 2.45) is 0 Å². The van der Waals surface area contributed by atoms with E-state index in [1.54, 1.807) is 0 Å². The number of carbonyl (C=O) groups excluding carboxylic acids is 1. The zero-order valence-electron chi connectivity index (χ0n) is 12.7. The van der Waals surface area contributed by atoms with Gasteiger partial charge < -0.3 is 20.7 Å². The first-order chi connectivity index (χ1) is 10.2. The zero-order valence-corrected chi connectivity index (χ0v) is 13.5. The lowest BCUT2D eigenvalue weighted by molar-refractivity contribution is 0.0169. The van der Waals surface area contributed by atoms with Crippen molar-refractivity contribution in [3.8, 4) is 0 Å². The van der Waals surface area contributed by atoms with Crippen molar-refractivity contribution >= 4 is 28.2 Å². The lowest BCUT2D eigenvalue weighted by atomic mass is 10.1. The monoisotopic (exact) mass is 312 g/mol. The van der Waals surface area contributed by atoms with E-state index in [0.717, 1.165) is 44.1 Å². The van der Waals surface area contributed by atoms with E-state index >= 15 is 0 Å². The second-order valence-electron chi connectivity index (χ2n) is 5.08. The molecule has 7 heteroatoms. The van der Waals surface area contributed by atoms with Crippen molar-refractivity contribution in [2.75, 3.05) is 36.9 Å². The van der Waals surface area contributed by atoms with E-state index in [4.69, 9.17) is 10.5 Å². The highest BCUT2D eigenvalue weighted by Gasteiger charge is 2.20. The number of amides is 1. The van der Waals surface area contributed by atoms with Crippen molar-refractivity contribution < 1.29 is 9.53 Å². The molecule has 2 heterocycles. The Morgan fingerprint density at radius 3 is 2.86 bits per heavy atom. The van der Waals surface area contributed by atoms with Crippen LogP contribution in [0.3, 0.4) is 0 Å². The molecule has 1 aliphatic rings. The maximum absolute atomic E-state index is 12.2. The van der Waals surface area contributed by atoms with Gasteiger partial charge in [0.25, 0.3) is 5.91 Å². The minimum atomic E-state index is -0.155. The van der Waals surface area contributed by atoms with Crippen LogP contribution in [0, 0.1) is 0 Å². The third-order valence-electron chi connectivity index (χ3n) is 3.65. The molecule has 118 valence electrons. The molecule has 0 bridgehead atoms. The van der Waals surface area contributed by atoms with Crippen LogP contribution in [0.1, 0.15) is 42.8 Å². The summed E-state index contributed by atoms with van der Waals surface area (Å²) in [5.74, 6) is 0.154. The molecule has 0 aromatic carbocycles. The topological polar surface area (TPSA) is 80.5 Å². The minimum absolute atomic E-state index is 0.124. The number of aromatic nitrogens is 1. The first-order valence-electron chi connectivity index (χ1n) is 7.56. The summed E-state index contributed by atoms with van der Waals surface area (Å²) in [5.41, 5.74) is 5.88. The van der Waals surface area contributed by atoms with E-state index in [0.29, 0.717) is 17.2 Å². The SMILES string of the molecule is CCN(CC)c1nc(N)c(C(=O)NCC2CCCCO2)s1. The molecule has 6 nitrogen and oxygen atoms in total. The number of nitrogens with one attached hydrogen (secondary N) is 1. The Balaban J connectivity index is 1.95. The number of nitrogens with zero attached hydrogens (tertiary/aromatic N) is 2. The Morgan fingerprint density at radius 1 is 1.48 bits per heavy atom. The fourth-order valence-electron chi connectivity index (χ4n) is 2.37. The summed E-state index contributed by atoms with van der Waals surface area (Å²) < 4.78 is 5.61. The summed E-state index contributed by atoms with van der Waals surface area (Å²) in [6, 6.07) is 0. The predicted octanol–water partition coefficient (Wildman–Crippen LogP) is 1.87. The second-order valence-corrected chi connectivity index (χ2v) is 6.06. The van der Waals surface area contributed by atoms with Gasteiger partial charge in [0.15, 0.2) is 5.13 Å². The van der Waals surface area contributed by atoms with Crippen LogP contribution in [0.5, 0.6) is 0 Å². The molecule has 3 N–H and O–H groups in total. The molecule has 2 rings (SSSR count). The fraction of sp³-hybridized carbons (Fsp3) is 0.714. The summed E-state index contributed by atoms with van der Waals surface area (Å²) in [6.07, 6.45) is 3.40. The Bertz CT molecular complexity index is 468. The Labute approximate surface area is 129 Å². The summed E-state index contributed by atoms with van der Waals surface area (Å²) in [5, 5.41) is 3.71. The van der Waals surface area contributed by atoms with Crippen molar-refractivity contribution in [1.82, 2.24) is 10.3 Å². The van der Waals surface area contributed by atoms with Crippen LogP contribution >= 0.6 is 11.3 Å². The number of hydrogen-bond donors (Lipinski definition) is 2. The number of thiazole rings is 1. The van der Waals surface area contributed by atoms with Crippen LogP contribution < -0.4 is 16.0 Å². The van der Waals surface area contributed by atoms with Gasteiger partial charge in [-0.05, 0) is 33.1 Å². The molecule has 1 amide bonds. The number of ether oxygens (including phenoxy) is 1. The van der Waals surface area contributed by atoms with Crippen molar-refractivity contribution in [3.05, 3.63) is 4.88 Å². The van der Waals surface area contributed by atoms with Crippen LogP contribution in [0.4, 0.5) is 10.9 Å². The molecule has 0 spiro atoms. The molecule has 1 unspecified atom stereocenters. The standard InChI is InChI=1S/C14H24N4O2S/c1-3-18(4-2)14-17-12(15)11(21-14)13(19)16-9-10-7-5-6-8-20-10/h10H,3-9,15H2,1-2H3,(H,16,19). The van der Waals surface area contributed by atoms with Gasteiger partial charge >= 0.3 is 0 Å². The summed E-state index contributed by atoms with van der Waals surface area (Å²) in [7, 11) is 0. The average molecular weight is 312 g/mol. The summed E-state index contributed by atoms with van der Waals surface area (Å²) >= 11 is 1.35. The van der Waals surface area contributed by atoms with Gasteiger partial charge in [0.2, 0.25) is 0 Å². The van der Waals surface area contributed by atoms with E-state index < -0.39 is 0 Å². The Kier molecular flexibility index (Phi) is 5.81. The van der Waals surface area contributed by atoms with Crippen LogP contribution in [0.15, 0.2) is 0 Å². The van der Waals surface area contributed by atoms with Gasteiger partial charge in [-0.2, -0.15) is 0 Å². The van der Waals surface area contributed by atoms with Crippen LogP contribution in [0.25, 0.3) is 0 Å². The van der Waals surface area contributed by atoms with Crippen LogP contribution in [-0.2, 0) is 4.74 Å². The average Bonchev–Trinajstić information content (AvgIpc) is 2.89. The van der Waals surface area contributed by atoms with Gasteiger partial charge in [0.05, 0.1) is 6.10 Å². The summed E-state index contributed by atoms with van der Waals surface area (Å²) in [4.78, 5) is 19.1. The number of anilines is 2. The molecule has 1 aromatic heterocycles. The highest BCUT2D eigenvalue weighted by molar-refractivity contribution is 7.18. The molecule has 0 aliphatic carbocycles. The Hall–Kier alpha value is -1.34. The highest BCUT2D eigenvalue weighted by Crippen LogP contribution is 2.27. The number of rotatable bonds is 6. The molecular weight excluding hydrogens is 288 g/mol. The van der Waals surface area contributed by atoms with Gasteiger partial charge in [-0.3, -0.25) is 4.79 Å². The van der Waals surface area contributed by atoms with Gasteiger partial charge in [-0.1, -0.05) is 11.3 Å². The number of nitrogen functional groups attached to an aromatic ring is 1. The Morgan fingerprint density at radius 2 is 2.24 bits per heavy atom. The number of nitrogens with two attached hydrogens (primary N) is 1. The largest absolute Gasteiger partial charge is 0.382 e. The third-order valence-corrected chi connectivity index (χ3v) is 4.78. The molecule has 1 atom stereocenters. The number of hydrogen-bond acceptors (Lipinski definition) is 6. The van der Waals surface area contributed by atoms with Crippen molar-refractivity contribution in [1.29, 1.82) is 0 Å². The fourth-order valence-corrected chi connectivity index (χ4v) is 3.40. The van der Waals surface area contributed by atoms with Gasteiger partial charge in [-0.15, -0.1) is 0 Å². The molecule has 0 saturated carbocycles. The molecule has 1 aromatic rings. The second kappa shape index (κ2) is 7.61. The molecule has 21 heavy (non-hydrogen) atoms. The normalized spacial score (nSPS) is 18.5. The van der Waals surface area contributed by atoms with Gasteiger partial charge in [0.1, 0.15) is 10.7 Å². The molecule has 1 aliphatic heterocycles. The van der Waals surface area contributed by atoms with Crippen molar-refractivity contribution in [2.45, 2.75) is 39.2 Å². The summed E-state index contributed by atoms with van der Waals surface area (Å²) in [6.45, 7) is 7.13. The third kappa shape index (κ3) is 4.07. The quantitative estimate of drug-likeness (QED) is 0.838. The maximum atomic E-state index is 12.2. The molecular formula is C14H24N4O2S. The molecule has 1 saturated heterocycles. The first-order valence-corrected chi connectivity index (χ1v) is 8.38. The van der Waals surface area contributed by atoms with Crippen LogP contribution in [-0.4, -0.2) is 43.2 Å². The predicted molar refractivity (Wildman–Crippen MR) is 86.0 cm³/mol. The van der Waals surface area contributed by atoms with Crippen molar-refractivity contribution in [3.63, 3.8) is 0 Å². The van der Waals surface area contributed by atoms with E-state index in [9.17, 15) is 4.79 Å². The van der Waals surface area contributed by atoms with E-state index in [1.165, 1.54) is 11.3 Å². The zero-order chi connectivity index (χ0) is 15.2. The minimum Gasteiger partial charge on any atom is -0.382 e. The van der Waals surface area contributed by atoms with E-state index in [2.05, 4.69) is 29.0 Å².